The molecule has 0 saturated carbocycles. The molecule has 0 spiro atoms. The molecule has 2 aliphatic heterocycles. The number of fused-ring (bicyclic) bond motifs is 1. The van der Waals surface area contributed by atoms with Gasteiger partial charge in [-0.3, -0.25) is 25.0 Å². The van der Waals surface area contributed by atoms with Crippen molar-refractivity contribution in [3.8, 4) is 0 Å². The van der Waals surface area contributed by atoms with Crippen LogP contribution in [-0.4, -0.2) is 34.0 Å². The van der Waals surface area contributed by atoms with Crippen molar-refractivity contribution in [3.63, 3.8) is 0 Å². The Balaban J connectivity index is 1.81. The molecule has 1 aromatic carbocycles. The molecule has 0 radical (unpaired) electrons. The summed E-state index contributed by atoms with van der Waals surface area (Å²) in [6, 6.07) is 4.04. The summed E-state index contributed by atoms with van der Waals surface area (Å²) < 4.78 is 0. The number of nitrogens with one attached hydrogen (secondary N) is 1. The van der Waals surface area contributed by atoms with E-state index in [2.05, 4.69) is 10.3 Å². The molecule has 1 aromatic rings. The van der Waals surface area contributed by atoms with E-state index in [4.69, 9.17) is 0 Å². The third-order valence-electron chi connectivity index (χ3n) is 3.59. The molecule has 8 heteroatoms. The molecule has 108 valence electrons. The van der Waals surface area contributed by atoms with Crippen molar-refractivity contribution in [2.24, 2.45) is 4.99 Å². The highest BCUT2D eigenvalue weighted by atomic mass is 16.6. The third kappa shape index (κ3) is 2.47. The van der Waals surface area contributed by atoms with Crippen molar-refractivity contribution in [2.45, 2.75) is 25.4 Å². The Morgan fingerprint density at radius 2 is 2.19 bits per heavy atom. The van der Waals surface area contributed by atoms with Crippen LogP contribution in [0.3, 0.4) is 0 Å². The van der Waals surface area contributed by atoms with Crippen molar-refractivity contribution in [3.05, 3.63) is 33.9 Å². The highest BCUT2D eigenvalue weighted by Gasteiger charge is 2.32. The lowest BCUT2D eigenvalue weighted by molar-refractivity contribution is -0.384. The lowest BCUT2D eigenvalue weighted by Gasteiger charge is -2.33. The summed E-state index contributed by atoms with van der Waals surface area (Å²) >= 11 is 0. The van der Waals surface area contributed by atoms with Gasteiger partial charge in [-0.15, -0.1) is 0 Å². The number of nitro groups is 1. The van der Waals surface area contributed by atoms with Crippen LogP contribution in [0.4, 0.5) is 11.4 Å². The molecule has 1 fully saturated rings. The van der Waals surface area contributed by atoms with E-state index in [0.29, 0.717) is 25.1 Å². The SMILES string of the molecule is O=C1CCC(N2C=Nc3cc([N+](=O)[O-])ccc3C2)C(=O)N1. The number of hydrogen-bond donors (Lipinski definition) is 1. The Morgan fingerprint density at radius 3 is 2.90 bits per heavy atom. The average Bonchev–Trinajstić information content (AvgIpc) is 2.46. The van der Waals surface area contributed by atoms with Crippen molar-refractivity contribution >= 4 is 29.5 Å². The number of aliphatic imine (C=N–C) groups is 1. The zero-order valence-electron chi connectivity index (χ0n) is 11.0. The lowest BCUT2D eigenvalue weighted by atomic mass is 10.0. The van der Waals surface area contributed by atoms with Crippen LogP contribution in [0, 0.1) is 10.1 Å². The van der Waals surface area contributed by atoms with Crippen LogP contribution in [0.25, 0.3) is 0 Å². The van der Waals surface area contributed by atoms with E-state index in [1.807, 2.05) is 0 Å². The predicted octanol–water partition coefficient (Wildman–Crippen LogP) is 0.875. The number of nitro benzene ring substituents is 1. The molecule has 0 aliphatic carbocycles. The highest BCUT2D eigenvalue weighted by Crippen LogP contribution is 2.30. The largest absolute Gasteiger partial charge is 0.346 e. The van der Waals surface area contributed by atoms with E-state index in [0.717, 1.165) is 5.56 Å². The highest BCUT2D eigenvalue weighted by molar-refractivity contribution is 6.01. The number of non-ortho nitro benzene ring substituents is 1. The summed E-state index contributed by atoms with van der Waals surface area (Å²) in [4.78, 5) is 39.2. The van der Waals surface area contributed by atoms with E-state index in [1.165, 1.54) is 18.5 Å². The van der Waals surface area contributed by atoms with Gasteiger partial charge in [0.15, 0.2) is 0 Å². The molecule has 1 atom stereocenters. The maximum atomic E-state index is 11.8. The molecule has 2 heterocycles. The normalized spacial score (nSPS) is 21.0. The molecule has 1 N–H and O–H groups in total. The first-order chi connectivity index (χ1) is 10.0. The molecule has 0 aromatic heterocycles. The Labute approximate surface area is 119 Å². The topological polar surface area (TPSA) is 105 Å². The number of hydrogen-bond acceptors (Lipinski definition) is 6. The van der Waals surface area contributed by atoms with Crippen LogP contribution >= 0.6 is 0 Å². The Kier molecular flexibility index (Phi) is 3.13. The van der Waals surface area contributed by atoms with E-state index in [-0.39, 0.29) is 17.5 Å². The van der Waals surface area contributed by atoms with Gasteiger partial charge in [0.1, 0.15) is 6.04 Å². The van der Waals surface area contributed by atoms with E-state index >= 15 is 0 Å². The van der Waals surface area contributed by atoms with Crippen LogP contribution in [0.15, 0.2) is 23.2 Å². The van der Waals surface area contributed by atoms with Crippen LogP contribution in [0.2, 0.25) is 0 Å². The molecule has 1 saturated heterocycles. The molecule has 21 heavy (non-hydrogen) atoms. The fourth-order valence-electron chi connectivity index (χ4n) is 2.48. The molecule has 0 bridgehead atoms. The van der Waals surface area contributed by atoms with Gasteiger partial charge in [0.05, 0.1) is 16.9 Å². The monoisotopic (exact) mass is 288 g/mol. The maximum Gasteiger partial charge on any atom is 0.271 e. The number of imide groups is 1. The van der Waals surface area contributed by atoms with Crippen LogP contribution < -0.4 is 5.32 Å². The molecule has 2 aliphatic rings. The molecule has 2 amide bonds. The second kappa shape index (κ2) is 4.97. The number of nitrogens with zero attached hydrogens (tertiary/aromatic N) is 3. The van der Waals surface area contributed by atoms with Gasteiger partial charge in [-0.05, 0) is 18.1 Å². The van der Waals surface area contributed by atoms with Crippen molar-refractivity contribution < 1.29 is 14.5 Å². The van der Waals surface area contributed by atoms with E-state index < -0.39 is 11.0 Å². The molecular weight excluding hydrogens is 276 g/mol. The summed E-state index contributed by atoms with van der Waals surface area (Å²) in [7, 11) is 0. The van der Waals surface area contributed by atoms with Gasteiger partial charge >= 0.3 is 0 Å². The summed E-state index contributed by atoms with van der Waals surface area (Å²) in [6.07, 6.45) is 2.25. The standard InChI is InChI=1S/C13H12N4O4/c18-12-4-3-11(13(19)15-12)16-6-8-1-2-9(17(20)21)5-10(8)14-7-16/h1-2,5,7,11H,3-4,6H2,(H,15,18,19). The molecular formula is C13H12N4O4. The first-order valence-corrected chi connectivity index (χ1v) is 6.45. The second-order valence-electron chi connectivity index (χ2n) is 4.95. The predicted molar refractivity (Wildman–Crippen MR) is 73.0 cm³/mol. The minimum atomic E-state index is -0.470. The number of amides is 2. The number of benzene rings is 1. The second-order valence-corrected chi connectivity index (χ2v) is 4.95. The molecule has 1 unspecified atom stereocenters. The Morgan fingerprint density at radius 1 is 1.38 bits per heavy atom. The van der Waals surface area contributed by atoms with Gasteiger partial charge in [0.2, 0.25) is 11.8 Å². The number of piperidine rings is 1. The van der Waals surface area contributed by atoms with Gasteiger partial charge in [-0.2, -0.15) is 0 Å². The summed E-state index contributed by atoms with van der Waals surface area (Å²) in [5, 5.41) is 13.0. The zero-order valence-corrected chi connectivity index (χ0v) is 11.0. The van der Waals surface area contributed by atoms with Gasteiger partial charge < -0.3 is 4.90 Å². The smallest absolute Gasteiger partial charge is 0.271 e. The number of carbonyl (C=O) groups excluding carboxylic acids is 2. The number of rotatable bonds is 2. The quantitative estimate of drug-likeness (QED) is 0.494. The van der Waals surface area contributed by atoms with Gasteiger partial charge in [0.25, 0.3) is 5.69 Å². The van der Waals surface area contributed by atoms with Crippen molar-refractivity contribution in [1.82, 2.24) is 10.2 Å². The lowest BCUT2D eigenvalue weighted by Crippen LogP contribution is -2.52. The summed E-state index contributed by atoms with van der Waals surface area (Å²) in [5.41, 5.74) is 1.33. The Bertz CT molecular complexity index is 670. The van der Waals surface area contributed by atoms with Crippen LogP contribution in [-0.2, 0) is 16.1 Å². The summed E-state index contributed by atoms with van der Waals surface area (Å²) in [6.45, 7) is 0.434. The Hall–Kier alpha value is -2.77. The third-order valence-corrected chi connectivity index (χ3v) is 3.59. The van der Waals surface area contributed by atoms with Gasteiger partial charge in [-0.1, -0.05) is 0 Å². The van der Waals surface area contributed by atoms with Gasteiger partial charge in [-0.25, -0.2) is 4.99 Å². The summed E-state index contributed by atoms with van der Waals surface area (Å²) in [5.74, 6) is -0.593. The van der Waals surface area contributed by atoms with Crippen LogP contribution in [0.5, 0.6) is 0 Å². The fourth-order valence-corrected chi connectivity index (χ4v) is 2.48. The van der Waals surface area contributed by atoms with E-state index in [1.54, 1.807) is 11.0 Å². The molecule has 3 rings (SSSR count). The van der Waals surface area contributed by atoms with Crippen molar-refractivity contribution in [2.75, 3.05) is 0 Å². The van der Waals surface area contributed by atoms with Gasteiger partial charge in [0, 0.05) is 25.1 Å². The van der Waals surface area contributed by atoms with Crippen molar-refractivity contribution in [1.29, 1.82) is 0 Å². The minimum Gasteiger partial charge on any atom is -0.346 e. The maximum absolute atomic E-state index is 11.8. The minimum absolute atomic E-state index is 0.0136. The number of carbonyl (C=O) groups is 2. The van der Waals surface area contributed by atoms with E-state index in [9.17, 15) is 19.7 Å². The van der Waals surface area contributed by atoms with Crippen LogP contribution in [0.1, 0.15) is 18.4 Å². The zero-order chi connectivity index (χ0) is 15.0. The first kappa shape index (κ1) is 13.2. The molecule has 8 nitrogen and oxygen atoms in total. The first-order valence-electron chi connectivity index (χ1n) is 6.45. The fraction of sp³-hybridized carbons (Fsp3) is 0.308. The average molecular weight is 288 g/mol.